The number of benzene rings is 1. The summed E-state index contributed by atoms with van der Waals surface area (Å²) in [4.78, 5) is 0. The van der Waals surface area contributed by atoms with E-state index in [1.54, 1.807) is 0 Å². The Labute approximate surface area is 120 Å². The van der Waals surface area contributed by atoms with Gasteiger partial charge in [0.25, 0.3) is 0 Å². The molecule has 0 saturated heterocycles. The maximum absolute atomic E-state index is 6.26. The first-order valence-corrected chi connectivity index (χ1v) is 7.63. The van der Waals surface area contributed by atoms with Crippen molar-refractivity contribution in [2.75, 3.05) is 7.05 Å². The van der Waals surface area contributed by atoms with Crippen LogP contribution < -0.4 is 10.1 Å². The van der Waals surface area contributed by atoms with Crippen LogP contribution in [-0.4, -0.2) is 19.2 Å². The lowest BCUT2D eigenvalue weighted by Crippen LogP contribution is -2.63. The molecule has 1 spiro atoms. The average molecular weight is 280 g/mol. The van der Waals surface area contributed by atoms with Crippen molar-refractivity contribution in [2.24, 2.45) is 5.41 Å². The monoisotopic (exact) mass is 279 g/mol. The predicted molar refractivity (Wildman–Crippen MR) is 79.0 cm³/mol. The van der Waals surface area contributed by atoms with Gasteiger partial charge in [-0.3, -0.25) is 0 Å². The fourth-order valence-electron chi connectivity index (χ4n) is 3.88. The van der Waals surface area contributed by atoms with Crippen molar-refractivity contribution in [3.05, 3.63) is 28.8 Å². The molecule has 0 heterocycles. The van der Waals surface area contributed by atoms with Gasteiger partial charge < -0.3 is 10.1 Å². The zero-order valence-electron chi connectivity index (χ0n) is 11.7. The minimum absolute atomic E-state index is 0.369. The average Bonchev–Trinajstić information content (AvgIpc) is 2.90. The molecule has 2 aliphatic carbocycles. The van der Waals surface area contributed by atoms with Crippen molar-refractivity contribution in [1.29, 1.82) is 0 Å². The van der Waals surface area contributed by atoms with Crippen molar-refractivity contribution in [3.8, 4) is 5.75 Å². The molecule has 2 saturated carbocycles. The molecule has 0 aliphatic heterocycles. The molecule has 1 N–H and O–H groups in total. The normalized spacial score (nSPS) is 28.4. The number of nitrogens with one attached hydrogen (secondary N) is 1. The third kappa shape index (κ3) is 2.15. The summed E-state index contributed by atoms with van der Waals surface area (Å²) in [6.45, 7) is 2.03. The van der Waals surface area contributed by atoms with Crippen molar-refractivity contribution < 1.29 is 4.74 Å². The van der Waals surface area contributed by atoms with Crippen LogP contribution in [0.15, 0.2) is 18.2 Å². The Morgan fingerprint density at radius 1 is 1.32 bits per heavy atom. The second-order valence-electron chi connectivity index (χ2n) is 6.03. The third-order valence-corrected chi connectivity index (χ3v) is 5.50. The van der Waals surface area contributed by atoms with E-state index in [4.69, 9.17) is 16.3 Å². The quantitative estimate of drug-likeness (QED) is 0.905. The zero-order chi connectivity index (χ0) is 13.5. The molecule has 0 radical (unpaired) electrons. The lowest BCUT2D eigenvalue weighted by molar-refractivity contribution is -0.0736. The maximum atomic E-state index is 6.26. The van der Waals surface area contributed by atoms with E-state index in [1.165, 1.54) is 25.7 Å². The predicted octanol–water partition coefficient (Wildman–Crippen LogP) is 3.95. The number of hydrogen-bond acceptors (Lipinski definition) is 2. The van der Waals surface area contributed by atoms with E-state index >= 15 is 0 Å². The van der Waals surface area contributed by atoms with E-state index in [2.05, 4.69) is 18.4 Å². The van der Waals surface area contributed by atoms with Crippen LogP contribution in [0.5, 0.6) is 5.75 Å². The Balaban J connectivity index is 1.75. The molecular weight excluding hydrogens is 258 g/mol. The van der Waals surface area contributed by atoms with E-state index < -0.39 is 0 Å². The first-order chi connectivity index (χ1) is 9.15. The van der Waals surface area contributed by atoms with Gasteiger partial charge in [-0.2, -0.15) is 0 Å². The molecule has 2 unspecified atom stereocenters. The largest absolute Gasteiger partial charge is 0.490 e. The van der Waals surface area contributed by atoms with E-state index in [-0.39, 0.29) is 0 Å². The van der Waals surface area contributed by atoms with Crippen LogP contribution in [0, 0.1) is 12.3 Å². The molecule has 1 aromatic carbocycles. The Morgan fingerprint density at radius 3 is 2.68 bits per heavy atom. The van der Waals surface area contributed by atoms with Crippen LogP contribution in [0.25, 0.3) is 0 Å². The smallest absolute Gasteiger partial charge is 0.120 e. The van der Waals surface area contributed by atoms with Crippen LogP contribution >= 0.6 is 11.6 Å². The SMILES string of the molecule is CNC1CC(Oc2ccc(Cl)c(C)c2)C12CCCC2. The molecule has 2 atom stereocenters. The van der Waals surface area contributed by atoms with Crippen molar-refractivity contribution in [2.45, 2.75) is 51.2 Å². The maximum Gasteiger partial charge on any atom is 0.120 e. The topological polar surface area (TPSA) is 21.3 Å². The van der Waals surface area contributed by atoms with Crippen molar-refractivity contribution in [1.82, 2.24) is 5.32 Å². The highest BCUT2D eigenvalue weighted by Crippen LogP contribution is 2.54. The van der Waals surface area contributed by atoms with E-state index in [9.17, 15) is 0 Å². The molecule has 104 valence electrons. The molecule has 0 bridgehead atoms. The zero-order valence-corrected chi connectivity index (χ0v) is 12.5. The summed E-state index contributed by atoms with van der Waals surface area (Å²) in [7, 11) is 2.08. The number of ether oxygens (including phenoxy) is 1. The lowest BCUT2D eigenvalue weighted by atomic mass is 9.60. The first kappa shape index (κ1) is 13.3. The molecule has 2 aliphatic rings. The molecule has 3 heteroatoms. The molecule has 1 aromatic rings. The van der Waals surface area contributed by atoms with Crippen LogP contribution in [0.1, 0.15) is 37.7 Å². The van der Waals surface area contributed by atoms with Gasteiger partial charge >= 0.3 is 0 Å². The third-order valence-electron chi connectivity index (χ3n) is 5.08. The van der Waals surface area contributed by atoms with Crippen LogP contribution in [0.4, 0.5) is 0 Å². The van der Waals surface area contributed by atoms with E-state index in [0.717, 1.165) is 22.8 Å². The minimum Gasteiger partial charge on any atom is -0.490 e. The molecule has 0 aromatic heterocycles. The fraction of sp³-hybridized carbons (Fsp3) is 0.625. The van der Waals surface area contributed by atoms with Gasteiger partial charge in [-0.1, -0.05) is 24.4 Å². The lowest BCUT2D eigenvalue weighted by Gasteiger charge is -2.53. The van der Waals surface area contributed by atoms with Gasteiger partial charge in [0.15, 0.2) is 0 Å². The molecule has 0 amide bonds. The van der Waals surface area contributed by atoms with Gasteiger partial charge in [0, 0.05) is 22.9 Å². The van der Waals surface area contributed by atoms with Crippen molar-refractivity contribution in [3.63, 3.8) is 0 Å². The van der Waals surface area contributed by atoms with Gasteiger partial charge in [0.1, 0.15) is 11.9 Å². The Hall–Kier alpha value is -0.730. The molecule has 3 rings (SSSR count). The number of rotatable bonds is 3. The summed E-state index contributed by atoms with van der Waals surface area (Å²) in [5.41, 5.74) is 1.46. The molecule has 19 heavy (non-hydrogen) atoms. The Kier molecular flexibility index (Phi) is 3.48. The fourth-order valence-corrected chi connectivity index (χ4v) is 3.99. The summed E-state index contributed by atoms with van der Waals surface area (Å²) in [6.07, 6.45) is 6.78. The Morgan fingerprint density at radius 2 is 2.05 bits per heavy atom. The highest BCUT2D eigenvalue weighted by molar-refractivity contribution is 6.31. The van der Waals surface area contributed by atoms with Gasteiger partial charge in [-0.05, 0) is 50.6 Å². The second kappa shape index (κ2) is 4.99. The van der Waals surface area contributed by atoms with Crippen molar-refractivity contribution >= 4 is 11.6 Å². The van der Waals surface area contributed by atoms with Crippen LogP contribution in [-0.2, 0) is 0 Å². The van der Waals surface area contributed by atoms with Gasteiger partial charge in [-0.15, -0.1) is 0 Å². The summed E-state index contributed by atoms with van der Waals surface area (Å²) < 4.78 is 6.26. The highest BCUT2D eigenvalue weighted by Gasteiger charge is 2.56. The summed E-state index contributed by atoms with van der Waals surface area (Å²) >= 11 is 6.07. The second-order valence-corrected chi connectivity index (χ2v) is 6.44. The highest BCUT2D eigenvalue weighted by atomic mass is 35.5. The van der Waals surface area contributed by atoms with Crippen LogP contribution in [0.3, 0.4) is 0 Å². The van der Waals surface area contributed by atoms with Gasteiger partial charge in [0.05, 0.1) is 0 Å². The molecular formula is C16H22ClNO. The number of aryl methyl sites for hydroxylation is 1. The first-order valence-electron chi connectivity index (χ1n) is 7.26. The number of hydrogen-bond donors (Lipinski definition) is 1. The summed E-state index contributed by atoms with van der Waals surface area (Å²) in [5.74, 6) is 0.965. The number of halogens is 1. The molecule has 2 fully saturated rings. The Bertz CT molecular complexity index is 468. The van der Waals surface area contributed by atoms with Gasteiger partial charge in [-0.25, -0.2) is 0 Å². The minimum atomic E-state index is 0.369. The van der Waals surface area contributed by atoms with Gasteiger partial charge in [0.2, 0.25) is 0 Å². The summed E-state index contributed by atoms with van der Waals surface area (Å²) in [6, 6.07) is 6.61. The van der Waals surface area contributed by atoms with E-state index in [1.807, 2.05) is 19.1 Å². The summed E-state index contributed by atoms with van der Waals surface area (Å²) in [5, 5.41) is 4.28. The van der Waals surface area contributed by atoms with E-state index in [0.29, 0.717) is 17.6 Å². The molecule has 2 nitrogen and oxygen atoms in total. The standard InChI is InChI=1S/C16H22ClNO/c1-11-9-12(5-6-13(11)17)19-15-10-14(18-2)16(15)7-3-4-8-16/h5-6,9,14-15,18H,3-4,7-8,10H2,1-2H3. The van der Waals surface area contributed by atoms with Crippen LogP contribution in [0.2, 0.25) is 5.02 Å².